The zero-order valence-electron chi connectivity index (χ0n) is 18.2. The molecular formula is C27H27BrNO2+. The van der Waals surface area contributed by atoms with Gasteiger partial charge in [0.25, 0.3) is 0 Å². The first kappa shape index (κ1) is 20.3. The van der Waals surface area contributed by atoms with Gasteiger partial charge >= 0.3 is 0 Å². The number of phenols is 1. The Morgan fingerprint density at radius 1 is 1.16 bits per heavy atom. The van der Waals surface area contributed by atoms with Crippen LogP contribution in [0.4, 0.5) is 5.69 Å². The molecule has 2 aliphatic heterocycles. The fraction of sp³-hybridized carbons (Fsp3) is 0.296. The van der Waals surface area contributed by atoms with Crippen LogP contribution in [0.3, 0.4) is 0 Å². The van der Waals surface area contributed by atoms with Crippen molar-refractivity contribution in [3.63, 3.8) is 0 Å². The second-order valence-corrected chi connectivity index (χ2v) is 9.78. The van der Waals surface area contributed by atoms with Gasteiger partial charge in [0.15, 0.2) is 5.71 Å². The number of allylic oxidation sites excluding steroid dienone is 4. The molecular weight excluding hydrogens is 450 g/mol. The van der Waals surface area contributed by atoms with Crippen molar-refractivity contribution in [1.82, 2.24) is 0 Å². The Morgan fingerprint density at radius 2 is 1.97 bits per heavy atom. The van der Waals surface area contributed by atoms with Crippen molar-refractivity contribution in [2.24, 2.45) is 0 Å². The molecule has 0 aromatic heterocycles. The molecule has 0 fully saturated rings. The lowest BCUT2D eigenvalue weighted by Gasteiger charge is -2.27. The highest BCUT2D eigenvalue weighted by molar-refractivity contribution is 9.10. The van der Waals surface area contributed by atoms with E-state index in [1.165, 1.54) is 28.1 Å². The highest BCUT2D eigenvalue weighted by Gasteiger charge is 2.43. The van der Waals surface area contributed by atoms with Crippen LogP contribution in [-0.2, 0) is 5.41 Å². The second-order valence-electron chi connectivity index (χ2n) is 8.93. The number of halogens is 1. The smallest absolute Gasteiger partial charge is 0.209 e. The van der Waals surface area contributed by atoms with Crippen LogP contribution < -0.4 is 4.74 Å². The van der Waals surface area contributed by atoms with Crippen LogP contribution in [0.15, 0.2) is 69.9 Å². The maximum atomic E-state index is 10.1. The third kappa shape index (κ3) is 3.28. The van der Waals surface area contributed by atoms with Crippen LogP contribution in [0, 0.1) is 0 Å². The van der Waals surface area contributed by atoms with Crippen molar-refractivity contribution in [3.8, 4) is 11.5 Å². The number of fused-ring (bicyclic) bond motifs is 3. The first-order chi connectivity index (χ1) is 14.9. The Bertz CT molecular complexity index is 1210. The number of rotatable bonds is 3. The maximum Gasteiger partial charge on any atom is 0.209 e. The molecule has 158 valence electrons. The van der Waals surface area contributed by atoms with Crippen molar-refractivity contribution in [2.75, 3.05) is 6.54 Å². The number of aromatic hydroxyl groups is 1. The Labute approximate surface area is 192 Å². The number of nitrogens with zero attached hydrogens (tertiary/aromatic N) is 1. The summed E-state index contributed by atoms with van der Waals surface area (Å²) in [5.41, 5.74) is 7.43. The number of ether oxygens (including phenoxy) is 1. The molecule has 1 N–H and O–H groups in total. The average Bonchev–Trinajstić information content (AvgIpc) is 2.98. The third-order valence-electron chi connectivity index (χ3n) is 6.65. The van der Waals surface area contributed by atoms with E-state index in [4.69, 9.17) is 4.74 Å². The van der Waals surface area contributed by atoms with Crippen LogP contribution >= 0.6 is 15.9 Å². The number of hydrogen-bond donors (Lipinski definition) is 1. The van der Waals surface area contributed by atoms with Gasteiger partial charge in [-0.3, -0.25) is 0 Å². The predicted octanol–water partition coefficient (Wildman–Crippen LogP) is 7.02. The van der Waals surface area contributed by atoms with Crippen LogP contribution in [0.5, 0.6) is 11.5 Å². The summed E-state index contributed by atoms with van der Waals surface area (Å²) in [5, 5.41) is 10.1. The number of hydrogen-bond acceptors (Lipinski definition) is 2. The van der Waals surface area contributed by atoms with Crippen molar-refractivity contribution in [3.05, 3.63) is 81.1 Å². The number of benzene rings is 2. The minimum absolute atomic E-state index is 0.0419. The minimum atomic E-state index is -0.0419. The highest BCUT2D eigenvalue weighted by atomic mass is 79.9. The maximum absolute atomic E-state index is 10.1. The van der Waals surface area contributed by atoms with Gasteiger partial charge in [-0.2, -0.15) is 4.58 Å². The quantitative estimate of drug-likeness (QED) is 0.482. The van der Waals surface area contributed by atoms with E-state index in [-0.39, 0.29) is 11.2 Å². The van der Waals surface area contributed by atoms with Gasteiger partial charge in [0.2, 0.25) is 5.69 Å². The molecule has 0 saturated carbocycles. The summed E-state index contributed by atoms with van der Waals surface area (Å²) >= 11 is 3.41. The van der Waals surface area contributed by atoms with Gasteiger partial charge in [-0.25, -0.2) is 0 Å². The number of para-hydroxylation sites is 1. The molecule has 0 radical (unpaired) electrons. The van der Waals surface area contributed by atoms with E-state index < -0.39 is 0 Å². The summed E-state index contributed by atoms with van der Waals surface area (Å²) in [6, 6.07) is 12.3. The van der Waals surface area contributed by atoms with E-state index in [0.717, 1.165) is 37.1 Å². The first-order valence-electron chi connectivity index (χ1n) is 11.0. The van der Waals surface area contributed by atoms with Gasteiger partial charge in [-0.1, -0.05) is 18.2 Å². The van der Waals surface area contributed by atoms with Gasteiger partial charge in [-0.15, -0.1) is 0 Å². The molecule has 31 heavy (non-hydrogen) atoms. The van der Waals surface area contributed by atoms with Crippen LogP contribution in [-0.4, -0.2) is 21.9 Å². The lowest BCUT2D eigenvalue weighted by molar-refractivity contribution is -0.433. The van der Waals surface area contributed by atoms with Gasteiger partial charge in [0.05, 0.1) is 9.89 Å². The van der Waals surface area contributed by atoms with E-state index >= 15 is 0 Å². The van der Waals surface area contributed by atoms with Crippen LogP contribution in [0.1, 0.15) is 51.2 Å². The molecule has 5 rings (SSSR count). The minimum Gasteiger partial charge on any atom is -0.507 e. The molecule has 0 atom stereocenters. The molecule has 0 amide bonds. The molecule has 3 nitrogen and oxygen atoms in total. The summed E-state index contributed by atoms with van der Waals surface area (Å²) in [7, 11) is 0. The predicted molar refractivity (Wildman–Crippen MR) is 129 cm³/mol. The second kappa shape index (κ2) is 7.52. The van der Waals surface area contributed by atoms with Gasteiger partial charge < -0.3 is 9.84 Å². The molecule has 4 heteroatoms. The van der Waals surface area contributed by atoms with Crippen molar-refractivity contribution in [2.45, 2.75) is 45.4 Å². The van der Waals surface area contributed by atoms with E-state index in [1.54, 1.807) is 6.07 Å². The molecule has 1 aliphatic carbocycles. The van der Waals surface area contributed by atoms with Crippen molar-refractivity contribution < 1.29 is 14.4 Å². The monoisotopic (exact) mass is 476 g/mol. The molecule has 0 bridgehead atoms. The molecule has 2 aromatic rings. The Kier molecular flexibility index (Phi) is 4.93. The van der Waals surface area contributed by atoms with E-state index in [2.05, 4.69) is 83.8 Å². The van der Waals surface area contributed by atoms with Gasteiger partial charge in [0, 0.05) is 29.3 Å². The summed E-state index contributed by atoms with van der Waals surface area (Å²) in [6.07, 6.45) is 9.85. The van der Waals surface area contributed by atoms with E-state index in [0.29, 0.717) is 10.2 Å². The SMILES string of the molecule is CC[N+]1=C(/C=C/C2=C3Oc4cc(O)c(Br)cc4C=C3CCC2)C(C)(C)c2ccccc21. The fourth-order valence-electron chi connectivity index (χ4n) is 5.05. The molecule has 0 saturated heterocycles. The normalized spacial score (nSPS) is 19.2. The summed E-state index contributed by atoms with van der Waals surface area (Å²) in [5.74, 6) is 1.86. The molecule has 2 heterocycles. The van der Waals surface area contributed by atoms with Crippen LogP contribution in [0.25, 0.3) is 6.08 Å². The lowest BCUT2D eigenvalue weighted by atomic mass is 9.81. The molecule has 0 unspecified atom stereocenters. The Morgan fingerprint density at radius 3 is 2.77 bits per heavy atom. The van der Waals surface area contributed by atoms with Gasteiger partial charge in [0.1, 0.15) is 23.8 Å². The fourth-order valence-corrected chi connectivity index (χ4v) is 5.41. The zero-order valence-corrected chi connectivity index (χ0v) is 19.8. The van der Waals surface area contributed by atoms with Crippen molar-refractivity contribution in [1.29, 1.82) is 0 Å². The average molecular weight is 477 g/mol. The largest absolute Gasteiger partial charge is 0.507 e. The van der Waals surface area contributed by atoms with Crippen molar-refractivity contribution >= 4 is 33.4 Å². The lowest BCUT2D eigenvalue weighted by Crippen LogP contribution is -2.27. The van der Waals surface area contributed by atoms with E-state index in [1.807, 2.05) is 6.07 Å². The summed E-state index contributed by atoms with van der Waals surface area (Å²) in [6.45, 7) is 7.76. The topological polar surface area (TPSA) is 32.5 Å². The Balaban J connectivity index is 1.56. The Hall–Kier alpha value is -2.59. The summed E-state index contributed by atoms with van der Waals surface area (Å²) in [4.78, 5) is 0. The van der Waals surface area contributed by atoms with Crippen LogP contribution in [0.2, 0.25) is 0 Å². The van der Waals surface area contributed by atoms with E-state index in [9.17, 15) is 5.11 Å². The first-order valence-corrected chi connectivity index (χ1v) is 11.8. The molecule has 3 aliphatic rings. The molecule has 2 aromatic carbocycles. The standard InChI is InChI=1S/C27H26BrNO2/c1-4-29-22-11-6-5-10-20(22)27(2,3)25(29)13-12-17-8-7-9-18-14-19-15-21(28)23(30)16-24(19)31-26(17)18/h5-6,10-16H,4,7-9H2,1-3H3/p+1. The highest BCUT2D eigenvalue weighted by Crippen LogP contribution is 2.43. The molecule has 0 spiro atoms. The zero-order chi connectivity index (χ0) is 21.8. The van der Waals surface area contributed by atoms with Gasteiger partial charge in [-0.05, 0) is 85.3 Å². The number of phenolic OH excluding ortho intramolecular Hbond substituents is 1. The summed E-state index contributed by atoms with van der Waals surface area (Å²) < 4.78 is 9.43. The third-order valence-corrected chi connectivity index (χ3v) is 7.29.